The maximum atomic E-state index is 13.1. The average Bonchev–Trinajstić information content (AvgIpc) is 2.32. The molecule has 19 heavy (non-hydrogen) atoms. The second-order valence-corrected chi connectivity index (χ2v) is 6.69. The first-order chi connectivity index (χ1) is 8.66. The maximum Gasteiger partial charge on any atom is 0.321 e. The fourth-order valence-electron chi connectivity index (χ4n) is 1.30. The van der Waals surface area contributed by atoms with E-state index in [1.54, 1.807) is 0 Å². The van der Waals surface area contributed by atoms with Gasteiger partial charge in [0.25, 0.3) is 0 Å². The van der Waals surface area contributed by atoms with Gasteiger partial charge in [0, 0.05) is 16.4 Å². The summed E-state index contributed by atoms with van der Waals surface area (Å²) in [5.41, 5.74) is 0.544. The number of Topliss-reactive ketones (excluding diaryl/α,β-unsaturated/α-hetero) is 1. The van der Waals surface area contributed by atoms with E-state index >= 15 is 0 Å². The average molecular weight is 286 g/mol. The number of carbonyl (C=O) groups is 2. The predicted octanol–water partition coefficient (Wildman–Crippen LogP) is 1.93. The molecule has 0 aromatic heterocycles. The number of hydrogen-bond acceptors (Lipinski definition) is 3. The van der Waals surface area contributed by atoms with Crippen LogP contribution in [0.5, 0.6) is 0 Å². The van der Waals surface area contributed by atoms with Gasteiger partial charge >= 0.3 is 5.97 Å². The van der Waals surface area contributed by atoms with Crippen LogP contribution in [0.1, 0.15) is 29.8 Å². The molecule has 6 heteroatoms. The number of carbonyl (C=O) groups excluding carboxylic acids is 1. The van der Waals surface area contributed by atoms with Crippen LogP contribution in [0.2, 0.25) is 0 Å². The highest BCUT2D eigenvalue weighted by Crippen LogP contribution is 2.16. The first kappa shape index (κ1) is 15.5. The molecule has 0 heterocycles. The van der Waals surface area contributed by atoms with Crippen LogP contribution in [-0.2, 0) is 15.6 Å². The van der Waals surface area contributed by atoms with Crippen molar-refractivity contribution in [2.24, 2.45) is 0 Å². The molecule has 0 saturated carbocycles. The standard InChI is InChI=1S/C13H15FO4S/c1-8-6-9(4-5-10(8)14)11(15)7-19(18)13(2,3)12(16)17/h4-6H,7H2,1-3H3,(H,16,17). The van der Waals surface area contributed by atoms with Crippen LogP contribution < -0.4 is 0 Å². The summed E-state index contributed by atoms with van der Waals surface area (Å²) in [7, 11) is -1.85. The zero-order valence-corrected chi connectivity index (χ0v) is 11.7. The van der Waals surface area contributed by atoms with Crippen LogP contribution in [0.25, 0.3) is 0 Å². The van der Waals surface area contributed by atoms with Gasteiger partial charge in [0.15, 0.2) is 5.78 Å². The van der Waals surface area contributed by atoms with Gasteiger partial charge in [-0.1, -0.05) is 0 Å². The summed E-state index contributed by atoms with van der Waals surface area (Å²) < 4.78 is 23.5. The van der Waals surface area contributed by atoms with Gasteiger partial charge in [-0.15, -0.1) is 0 Å². The van der Waals surface area contributed by atoms with Gasteiger partial charge in [0.05, 0.1) is 5.75 Å². The lowest BCUT2D eigenvalue weighted by Crippen LogP contribution is -2.39. The van der Waals surface area contributed by atoms with Crippen molar-refractivity contribution in [2.45, 2.75) is 25.5 Å². The number of aryl methyl sites for hydroxylation is 1. The van der Waals surface area contributed by atoms with Gasteiger partial charge in [-0.25, -0.2) is 4.39 Å². The SMILES string of the molecule is Cc1cc(C(=O)CS(=O)C(C)(C)C(=O)O)ccc1F. The van der Waals surface area contributed by atoms with E-state index in [1.165, 1.54) is 32.9 Å². The summed E-state index contributed by atoms with van der Waals surface area (Å²) in [5, 5.41) is 8.92. The first-order valence-corrected chi connectivity index (χ1v) is 6.89. The maximum absolute atomic E-state index is 13.1. The summed E-state index contributed by atoms with van der Waals surface area (Å²) in [6.45, 7) is 4.12. The molecule has 0 aliphatic carbocycles. The fraction of sp³-hybridized carbons (Fsp3) is 0.385. The predicted molar refractivity (Wildman–Crippen MR) is 70.2 cm³/mol. The summed E-state index contributed by atoms with van der Waals surface area (Å²) in [5.74, 6) is -2.52. The normalized spacial score (nSPS) is 13.1. The third-order valence-electron chi connectivity index (χ3n) is 2.83. The molecule has 0 aliphatic rings. The summed E-state index contributed by atoms with van der Waals surface area (Å²) in [4.78, 5) is 22.8. The third-order valence-corrected chi connectivity index (χ3v) is 4.66. The molecule has 0 aliphatic heterocycles. The molecular formula is C13H15FO4S. The van der Waals surface area contributed by atoms with Crippen molar-refractivity contribution in [3.63, 3.8) is 0 Å². The molecule has 4 nitrogen and oxygen atoms in total. The number of carboxylic acids is 1. The van der Waals surface area contributed by atoms with E-state index in [0.717, 1.165) is 6.07 Å². The highest BCUT2D eigenvalue weighted by molar-refractivity contribution is 7.88. The smallest absolute Gasteiger partial charge is 0.321 e. The summed E-state index contributed by atoms with van der Waals surface area (Å²) >= 11 is 0. The molecule has 1 rings (SSSR count). The Morgan fingerprint density at radius 3 is 2.42 bits per heavy atom. The molecule has 0 radical (unpaired) electrons. The Morgan fingerprint density at radius 2 is 1.95 bits per heavy atom. The number of carboxylic acid groups (broad SMARTS) is 1. The van der Waals surface area contributed by atoms with Gasteiger partial charge in [-0.05, 0) is 44.5 Å². The molecule has 1 N–H and O–H groups in total. The number of ketones is 1. The van der Waals surface area contributed by atoms with Gasteiger partial charge in [-0.3, -0.25) is 13.8 Å². The molecule has 1 unspecified atom stereocenters. The van der Waals surface area contributed by atoms with Crippen LogP contribution in [0, 0.1) is 12.7 Å². The van der Waals surface area contributed by atoms with E-state index in [2.05, 4.69) is 0 Å². The summed E-state index contributed by atoms with van der Waals surface area (Å²) in [6, 6.07) is 3.83. The van der Waals surface area contributed by atoms with E-state index in [4.69, 9.17) is 5.11 Å². The largest absolute Gasteiger partial charge is 0.480 e. The van der Waals surface area contributed by atoms with Crippen molar-refractivity contribution >= 4 is 22.6 Å². The zero-order chi connectivity index (χ0) is 14.8. The van der Waals surface area contributed by atoms with Crippen molar-refractivity contribution in [1.29, 1.82) is 0 Å². The minimum absolute atomic E-state index is 0.230. The molecule has 0 spiro atoms. The lowest BCUT2D eigenvalue weighted by molar-refractivity contribution is -0.139. The van der Waals surface area contributed by atoms with Crippen LogP contribution >= 0.6 is 0 Å². The van der Waals surface area contributed by atoms with E-state index in [9.17, 15) is 18.2 Å². The quantitative estimate of drug-likeness (QED) is 0.840. The van der Waals surface area contributed by atoms with E-state index in [1.807, 2.05) is 0 Å². The number of halogens is 1. The number of benzene rings is 1. The highest BCUT2D eigenvalue weighted by atomic mass is 32.2. The molecule has 0 fully saturated rings. The Balaban J connectivity index is 2.89. The van der Waals surface area contributed by atoms with E-state index in [0.29, 0.717) is 5.56 Å². The first-order valence-electron chi connectivity index (χ1n) is 5.57. The van der Waals surface area contributed by atoms with Crippen LogP contribution in [0.15, 0.2) is 18.2 Å². The second kappa shape index (κ2) is 5.61. The summed E-state index contributed by atoms with van der Waals surface area (Å²) in [6.07, 6.45) is 0. The van der Waals surface area contributed by atoms with Gasteiger partial charge < -0.3 is 5.11 Å². The molecular weight excluding hydrogens is 271 g/mol. The Hall–Kier alpha value is -1.56. The Labute approximate surface area is 113 Å². The van der Waals surface area contributed by atoms with Gasteiger partial charge in [0.2, 0.25) is 0 Å². The Kier molecular flexibility index (Phi) is 4.57. The third kappa shape index (κ3) is 3.47. The highest BCUT2D eigenvalue weighted by Gasteiger charge is 2.35. The van der Waals surface area contributed by atoms with E-state index < -0.39 is 38.9 Å². The molecule has 0 amide bonds. The van der Waals surface area contributed by atoms with Crippen LogP contribution in [-0.4, -0.2) is 31.6 Å². The monoisotopic (exact) mass is 286 g/mol. The van der Waals surface area contributed by atoms with Gasteiger partial charge in [-0.2, -0.15) is 0 Å². The lowest BCUT2D eigenvalue weighted by Gasteiger charge is -2.17. The number of hydrogen-bond donors (Lipinski definition) is 1. The van der Waals surface area contributed by atoms with Crippen LogP contribution in [0.4, 0.5) is 4.39 Å². The molecule has 0 saturated heterocycles. The molecule has 0 bridgehead atoms. The molecule has 1 aromatic carbocycles. The second-order valence-electron chi connectivity index (χ2n) is 4.69. The molecule has 1 atom stereocenters. The van der Waals surface area contributed by atoms with Crippen LogP contribution in [0.3, 0.4) is 0 Å². The Bertz CT molecular complexity index is 552. The minimum Gasteiger partial charge on any atom is -0.480 e. The Morgan fingerprint density at radius 1 is 1.37 bits per heavy atom. The minimum atomic E-state index is -1.85. The molecule has 104 valence electrons. The number of aliphatic carboxylic acids is 1. The topological polar surface area (TPSA) is 71.4 Å². The fourth-order valence-corrected chi connectivity index (χ4v) is 2.26. The van der Waals surface area contributed by atoms with Crippen molar-refractivity contribution in [3.8, 4) is 0 Å². The van der Waals surface area contributed by atoms with Crippen molar-refractivity contribution in [2.75, 3.05) is 5.75 Å². The number of rotatable bonds is 5. The van der Waals surface area contributed by atoms with E-state index in [-0.39, 0.29) is 5.56 Å². The molecule has 1 aromatic rings. The lowest BCUT2D eigenvalue weighted by atomic mass is 10.1. The van der Waals surface area contributed by atoms with Crippen molar-refractivity contribution in [3.05, 3.63) is 35.1 Å². The van der Waals surface area contributed by atoms with Gasteiger partial charge in [0.1, 0.15) is 10.6 Å². The van der Waals surface area contributed by atoms with Crippen molar-refractivity contribution < 1.29 is 23.3 Å². The van der Waals surface area contributed by atoms with Crippen molar-refractivity contribution in [1.82, 2.24) is 0 Å². The zero-order valence-electron chi connectivity index (χ0n) is 10.9.